The molecule has 0 aliphatic carbocycles. The number of allylic oxidation sites excluding steroid dienone is 1. The van der Waals surface area contributed by atoms with Gasteiger partial charge >= 0.3 is 0 Å². The highest BCUT2D eigenvalue weighted by Gasteiger charge is 2.30. The molecule has 0 unspecified atom stereocenters. The van der Waals surface area contributed by atoms with Crippen LogP contribution < -0.4 is 9.47 Å². The molecule has 4 rings (SSSR count). The average molecular weight is 395 g/mol. The number of rotatable bonds is 4. The Kier molecular flexibility index (Phi) is 4.88. The van der Waals surface area contributed by atoms with Crippen LogP contribution in [-0.4, -0.2) is 5.78 Å². The molecule has 0 aromatic heterocycles. The standard InChI is InChI=1S/C23H16ClFO3/c1-14-20(27-13-16-6-2-3-8-19(16)24)10-9-18-22(26)21(28-23(14)18)12-15-5-4-7-17(25)11-15/h2-12H,13H2,1H3/b21-12-. The van der Waals surface area contributed by atoms with E-state index < -0.39 is 0 Å². The van der Waals surface area contributed by atoms with Crippen LogP contribution >= 0.6 is 11.6 Å². The summed E-state index contributed by atoms with van der Waals surface area (Å²) in [7, 11) is 0. The predicted molar refractivity (Wildman–Crippen MR) is 106 cm³/mol. The molecule has 0 saturated carbocycles. The van der Waals surface area contributed by atoms with E-state index in [4.69, 9.17) is 21.1 Å². The second-order valence-corrected chi connectivity index (χ2v) is 6.85. The normalized spacial score (nSPS) is 14.1. The summed E-state index contributed by atoms with van der Waals surface area (Å²) >= 11 is 6.17. The molecule has 1 heterocycles. The first kappa shape index (κ1) is 18.3. The summed E-state index contributed by atoms with van der Waals surface area (Å²) in [5, 5.41) is 0.632. The number of hydrogen-bond acceptors (Lipinski definition) is 3. The van der Waals surface area contributed by atoms with E-state index >= 15 is 0 Å². The first-order chi connectivity index (χ1) is 13.5. The van der Waals surface area contributed by atoms with Gasteiger partial charge in [0.2, 0.25) is 5.78 Å². The van der Waals surface area contributed by atoms with Gasteiger partial charge in [0.25, 0.3) is 0 Å². The maximum absolute atomic E-state index is 13.4. The Labute approximate surface area is 167 Å². The number of hydrogen-bond donors (Lipinski definition) is 0. The highest BCUT2D eigenvalue weighted by molar-refractivity contribution is 6.31. The lowest BCUT2D eigenvalue weighted by Crippen LogP contribution is -1.99. The quantitative estimate of drug-likeness (QED) is 0.510. The van der Waals surface area contributed by atoms with Crippen molar-refractivity contribution in [2.45, 2.75) is 13.5 Å². The molecule has 0 amide bonds. The van der Waals surface area contributed by atoms with Gasteiger partial charge in [-0.1, -0.05) is 41.9 Å². The maximum atomic E-state index is 13.4. The predicted octanol–water partition coefficient (Wildman–Crippen LogP) is 5.98. The minimum absolute atomic E-state index is 0.159. The van der Waals surface area contributed by atoms with Gasteiger partial charge in [-0.3, -0.25) is 4.79 Å². The van der Waals surface area contributed by atoms with Crippen LogP contribution in [0, 0.1) is 12.7 Å². The molecule has 0 N–H and O–H groups in total. The monoisotopic (exact) mass is 394 g/mol. The summed E-state index contributed by atoms with van der Waals surface area (Å²) in [5.41, 5.74) is 2.61. The van der Waals surface area contributed by atoms with Gasteiger partial charge in [-0.05, 0) is 48.9 Å². The lowest BCUT2D eigenvalue weighted by molar-refractivity contribution is 0.101. The molecule has 140 valence electrons. The number of carbonyl (C=O) groups excluding carboxylic acids is 1. The Bertz CT molecular complexity index is 1100. The van der Waals surface area contributed by atoms with Crippen molar-refractivity contribution in [3.05, 3.63) is 99.5 Å². The zero-order valence-corrected chi connectivity index (χ0v) is 15.8. The van der Waals surface area contributed by atoms with Crippen LogP contribution in [-0.2, 0) is 6.61 Å². The summed E-state index contributed by atoms with van der Waals surface area (Å²) in [5.74, 6) is 0.624. The Morgan fingerprint density at radius 3 is 2.71 bits per heavy atom. The van der Waals surface area contributed by atoms with Crippen molar-refractivity contribution in [3.8, 4) is 11.5 Å². The van der Waals surface area contributed by atoms with E-state index in [2.05, 4.69) is 0 Å². The maximum Gasteiger partial charge on any atom is 0.231 e. The summed E-state index contributed by atoms with van der Waals surface area (Å²) in [6.07, 6.45) is 1.54. The van der Waals surface area contributed by atoms with Gasteiger partial charge in [-0.25, -0.2) is 4.39 Å². The summed E-state index contributed by atoms with van der Waals surface area (Å²) < 4.78 is 25.1. The summed E-state index contributed by atoms with van der Waals surface area (Å²) in [4.78, 5) is 12.6. The topological polar surface area (TPSA) is 35.5 Å². The Morgan fingerprint density at radius 1 is 1.11 bits per heavy atom. The smallest absolute Gasteiger partial charge is 0.231 e. The fourth-order valence-corrected chi connectivity index (χ4v) is 3.23. The van der Waals surface area contributed by atoms with Crippen LogP contribution in [0.25, 0.3) is 6.08 Å². The second-order valence-electron chi connectivity index (χ2n) is 6.44. The molecule has 0 bridgehead atoms. The van der Waals surface area contributed by atoms with E-state index in [9.17, 15) is 9.18 Å². The van der Waals surface area contributed by atoms with E-state index in [1.54, 1.807) is 30.3 Å². The summed E-state index contributed by atoms with van der Waals surface area (Å²) in [6.45, 7) is 2.14. The van der Waals surface area contributed by atoms with E-state index in [1.165, 1.54) is 18.2 Å². The van der Waals surface area contributed by atoms with Crippen molar-refractivity contribution in [2.24, 2.45) is 0 Å². The van der Waals surface area contributed by atoms with Crippen molar-refractivity contribution in [3.63, 3.8) is 0 Å². The molecule has 28 heavy (non-hydrogen) atoms. The lowest BCUT2D eigenvalue weighted by Gasteiger charge is -2.12. The van der Waals surface area contributed by atoms with Crippen LogP contribution in [0.3, 0.4) is 0 Å². The number of ketones is 1. The van der Waals surface area contributed by atoms with Crippen LogP contribution in [0.2, 0.25) is 5.02 Å². The van der Waals surface area contributed by atoms with Crippen LogP contribution in [0.15, 0.2) is 66.4 Å². The number of benzene rings is 3. The molecule has 3 aromatic rings. The third kappa shape index (κ3) is 3.51. The van der Waals surface area contributed by atoms with Gasteiger partial charge in [-0.2, -0.15) is 0 Å². The SMILES string of the molecule is Cc1c(OCc2ccccc2Cl)ccc2c1O/C(=C\c1cccc(F)c1)C2=O. The van der Waals surface area contributed by atoms with Crippen molar-refractivity contribution in [1.29, 1.82) is 0 Å². The minimum atomic E-state index is -0.372. The number of carbonyl (C=O) groups is 1. The van der Waals surface area contributed by atoms with Crippen molar-refractivity contribution in [2.75, 3.05) is 0 Å². The van der Waals surface area contributed by atoms with Gasteiger partial charge in [0.15, 0.2) is 5.76 Å². The molecule has 0 radical (unpaired) electrons. The van der Waals surface area contributed by atoms with Crippen LogP contribution in [0.4, 0.5) is 4.39 Å². The minimum Gasteiger partial charge on any atom is -0.488 e. The van der Waals surface area contributed by atoms with Gasteiger partial charge in [0.05, 0.1) is 5.56 Å². The highest BCUT2D eigenvalue weighted by Crippen LogP contribution is 2.39. The van der Waals surface area contributed by atoms with E-state index in [0.717, 1.165) is 11.1 Å². The Balaban J connectivity index is 1.59. The number of Topliss-reactive ketones (excluding diaryl/α,β-unsaturated/α-hetero) is 1. The Hall–Kier alpha value is -3.11. The van der Waals surface area contributed by atoms with Crippen LogP contribution in [0.1, 0.15) is 27.0 Å². The fourth-order valence-electron chi connectivity index (χ4n) is 3.04. The average Bonchev–Trinajstić information content (AvgIpc) is 2.99. The van der Waals surface area contributed by atoms with Gasteiger partial charge in [0.1, 0.15) is 23.9 Å². The molecule has 1 aliphatic heterocycles. The van der Waals surface area contributed by atoms with Gasteiger partial charge in [-0.15, -0.1) is 0 Å². The van der Waals surface area contributed by atoms with Crippen LogP contribution in [0.5, 0.6) is 11.5 Å². The molecule has 0 saturated heterocycles. The third-order valence-electron chi connectivity index (χ3n) is 4.52. The lowest BCUT2D eigenvalue weighted by atomic mass is 10.1. The molecule has 1 aliphatic rings. The molecule has 3 aromatic carbocycles. The number of fused-ring (bicyclic) bond motifs is 1. The molecule has 0 spiro atoms. The van der Waals surface area contributed by atoms with Gasteiger partial charge < -0.3 is 9.47 Å². The zero-order chi connectivity index (χ0) is 19.7. The van der Waals surface area contributed by atoms with Crippen molar-refractivity contribution < 1.29 is 18.7 Å². The van der Waals surface area contributed by atoms with E-state index in [0.29, 0.717) is 34.3 Å². The molecular formula is C23H16ClFO3. The fraction of sp³-hybridized carbons (Fsp3) is 0.0870. The molecule has 0 fully saturated rings. The largest absolute Gasteiger partial charge is 0.488 e. The van der Waals surface area contributed by atoms with Gasteiger partial charge in [0, 0.05) is 16.1 Å². The van der Waals surface area contributed by atoms with E-state index in [1.807, 2.05) is 25.1 Å². The Morgan fingerprint density at radius 2 is 1.93 bits per heavy atom. The molecule has 3 nitrogen and oxygen atoms in total. The second kappa shape index (κ2) is 7.49. The first-order valence-electron chi connectivity index (χ1n) is 8.72. The van der Waals surface area contributed by atoms with Crippen molar-refractivity contribution in [1.82, 2.24) is 0 Å². The molecule has 5 heteroatoms. The van der Waals surface area contributed by atoms with Crippen molar-refractivity contribution >= 4 is 23.5 Å². The number of halogens is 2. The van der Waals surface area contributed by atoms with E-state index in [-0.39, 0.29) is 17.4 Å². The first-order valence-corrected chi connectivity index (χ1v) is 9.10. The molecule has 0 atom stereocenters. The number of ether oxygens (including phenoxy) is 2. The third-order valence-corrected chi connectivity index (χ3v) is 4.89. The summed E-state index contributed by atoms with van der Waals surface area (Å²) in [6, 6.07) is 16.9. The zero-order valence-electron chi connectivity index (χ0n) is 15.0. The molecular weight excluding hydrogens is 379 g/mol. The highest BCUT2D eigenvalue weighted by atomic mass is 35.5.